The van der Waals surface area contributed by atoms with Gasteiger partial charge in [-0.2, -0.15) is 0 Å². The zero-order valence-electron chi connectivity index (χ0n) is 6.25. The van der Waals surface area contributed by atoms with Gasteiger partial charge in [0.05, 0.1) is 0 Å². The van der Waals surface area contributed by atoms with Gasteiger partial charge in [-0.25, -0.2) is 0 Å². The van der Waals surface area contributed by atoms with E-state index in [1.54, 1.807) is 0 Å². The van der Waals surface area contributed by atoms with Crippen molar-refractivity contribution in [2.45, 2.75) is 43.3 Å². The van der Waals surface area contributed by atoms with Gasteiger partial charge in [-0.05, 0) is 26.7 Å². The number of hydrogen-bond acceptors (Lipinski definition) is 0. The van der Waals surface area contributed by atoms with Crippen molar-refractivity contribution in [3.05, 3.63) is 0 Å². The maximum atomic E-state index is 5.81. The van der Waals surface area contributed by atoms with E-state index < -0.39 is 0 Å². The van der Waals surface area contributed by atoms with E-state index in [1.807, 2.05) is 6.92 Å². The molecule has 0 radical (unpaired) electrons. The van der Waals surface area contributed by atoms with Gasteiger partial charge in [0.2, 0.25) is 0 Å². The molecule has 2 atom stereocenters. The molecule has 56 valence electrons. The minimum atomic E-state index is 0.244. The van der Waals surface area contributed by atoms with Gasteiger partial charge in [-0.3, -0.25) is 0 Å². The van der Waals surface area contributed by atoms with Crippen LogP contribution in [0, 0.1) is 0 Å². The Balaban J connectivity index is 3.58. The summed E-state index contributed by atoms with van der Waals surface area (Å²) < 4.78 is 0.244. The molecular formula is C7H14BrCl. The first-order chi connectivity index (χ1) is 3.98. The molecule has 0 aliphatic rings. The maximum absolute atomic E-state index is 5.81. The van der Waals surface area contributed by atoms with Crippen molar-refractivity contribution in [1.29, 1.82) is 0 Å². The van der Waals surface area contributed by atoms with Crippen LogP contribution in [-0.2, 0) is 0 Å². The van der Waals surface area contributed by atoms with Gasteiger partial charge < -0.3 is 0 Å². The molecule has 0 saturated carbocycles. The molecule has 0 aromatic heterocycles. The van der Waals surface area contributed by atoms with Crippen molar-refractivity contribution in [3.63, 3.8) is 0 Å². The molecular weight excluding hydrogens is 199 g/mol. The van der Waals surface area contributed by atoms with Gasteiger partial charge in [0.1, 0.15) is 0 Å². The highest BCUT2D eigenvalue weighted by Gasteiger charge is 2.19. The van der Waals surface area contributed by atoms with Crippen LogP contribution >= 0.6 is 27.5 Å². The molecule has 1 unspecified atom stereocenters. The Kier molecular flexibility index (Phi) is 4.15. The number of alkyl halides is 2. The highest BCUT2D eigenvalue weighted by atomic mass is 79.9. The summed E-state index contributed by atoms with van der Waals surface area (Å²) in [6.07, 6.45) is 2.16. The third-order valence-corrected chi connectivity index (χ3v) is 2.48. The molecule has 0 aromatic carbocycles. The van der Waals surface area contributed by atoms with Crippen LogP contribution in [0.25, 0.3) is 0 Å². The van der Waals surface area contributed by atoms with Crippen LogP contribution in [0.3, 0.4) is 0 Å². The topological polar surface area (TPSA) is 0 Å². The molecule has 0 amide bonds. The second-order valence-electron chi connectivity index (χ2n) is 2.75. The molecule has 0 fully saturated rings. The number of hydrogen-bond donors (Lipinski definition) is 0. The first kappa shape index (κ1) is 9.77. The minimum absolute atomic E-state index is 0.244. The van der Waals surface area contributed by atoms with Crippen LogP contribution in [0.5, 0.6) is 0 Å². The zero-order chi connectivity index (χ0) is 7.49. The van der Waals surface area contributed by atoms with E-state index >= 15 is 0 Å². The van der Waals surface area contributed by atoms with Gasteiger partial charge in [0, 0.05) is 9.70 Å². The third-order valence-electron chi connectivity index (χ3n) is 1.44. The highest BCUT2D eigenvalue weighted by molar-refractivity contribution is 9.10. The van der Waals surface area contributed by atoms with Gasteiger partial charge in [-0.15, -0.1) is 11.6 Å². The van der Waals surface area contributed by atoms with E-state index in [0.29, 0.717) is 0 Å². The SMILES string of the molecule is CC[C@@](C)(Br)CC(C)Cl. The molecule has 0 spiro atoms. The van der Waals surface area contributed by atoms with Crippen LogP contribution in [0.4, 0.5) is 0 Å². The van der Waals surface area contributed by atoms with E-state index in [4.69, 9.17) is 11.6 Å². The average molecular weight is 214 g/mol. The fourth-order valence-electron chi connectivity index (χ4n) is 0.731. The minimum Gasteiger partial charge on any atom is -0.123 e. The van der Waals surface area contributed by atoms with Gasteiger partial charge in [0.25, 0.3) is 0 Å². The smallest absolute Gasteiger partial charge is 0.0321 e. The Labute approximate surface area is 71.1 Å². The van der Waals surface area contributed by atoms with Gasteiger partial charge >= 0.3 is 0 Å². The summed E-state index contributed by atoms with van der Waals surface area (Å²) in [6, 6.07) is 0. The maximum Gasteiger partial charge on any atom is 0.0321 e. The summed E-state index contributed by atoms with van der Waals surface area (Å²) >= 11 is 9.41. The molecule has 0 saturated heterocycles. The van der Waals surface area contributed by atoms with E-state index in [1.165, 1.54) is 0 Å². The second-order valence-corrected chi connectivity index (χ2v) is 5.41. The Hall–Kier alpha value is 0.770. The van der Waals surface area contributed by atoms with Crippen LogP contribution < -0.4 is 0 Å². The van der Waals surface area contributed by atoms with Crippen molar-refractivity contribution in [1.82, 2.24) is 0 Å². The Morgan fingerprint density at radius 1 is 1.67 bits per heavy atom. The van der Waals surface area contributed by atoms with Crippen LogP contribution in [0.1, 0.15) is 33.6 Å². The summed E-state index contributed by atoms with van der Waals surface area (Å²) in [6.45, 7) is 6.36. The van der Waals surface area contributed by atoms with Gasteiger partial charge in [-0.1, -0.05) is 22.9 Å². The predicted octanol–water partition coefficient (Wildman–Crippen LogP) is 3.57. The van der Waals surface area contributed by atoms with Crippen LogP contribution in [0.15, 0.2) is 0 Å². The Morgan fingerprint density at radius 2 is 2.11 bits per heavy atom. The summed E-state index contributed by atoms with van der Waals surface area (Å²) in [5, 5.41) is 0.273. The average Bonchev–Trinajstić information content (AvgIpc) is 1.63. The summed E-state index contributed by atoms with van der Waals surface area (Å²) in [5.41, 5.74) is 0. The number of halogens is 2. The standard InChI is InChI=1S/C7H14BrCl/c1-4-7(3,8)5-6(2)9/h6H,4-5H2,1-3H3/t6?,7-/m1/s1. The largest absolute Gasteiger partial charge is 0.123 e. The molecule has 0 rings (SSSR count). The summed E-state index contributed by atoms with van der Waals surface area (Å²) in [4.78, 5) is 0. The van der Waals surface area contributed by atoms with Crippen molar-refractivity contribution in [2.75, 3.05) is 0 Å². The monoisotopic (exact) mass is 212 g/mol. The zero-order valence-corrected chi connectivity index (χ0v) is 8.59. The van der Waals surface area contributed by atoms with E-state index in [-0.39, 0.29) is 9.70 Å². The van der Waals surface area contributed by atoms with Crippen LogP contribution in [0.2, 0.25) is 0 Å². The lowest BCUT2D eigenvalue weighted by Crippen LogP contribution is -2.17. The Morgan fingerprint density at radius 3 is 2.22 bits per heavy atom. The fourth-order valence-corrected chi connectivity index (χ4v) is 1.74. The van der Waals surface area contributed by atoms with E-state index in [2.05, 4.69) is 29.8 Å². The summed E-state index contributed by atoms with van der Waals surface area (Å²) in [5.74, 6) is 0. The van der Waals surface area contributed by atoms with Crippen molar-refractivity contribution >= 4 is 27.5 Å². The molecule has 0 aliphatic carbocycles. The molecule has 9 heavy (non-hydrogen) atoms. The lowest BCUT2D eigenvalue weighted by atomic mass is 10.0. The first-order valence-electron chi connectivity index (χ1n) is 3.31. The van der Waals surface area contributed by atoms with Gasteiger partial charge in [0.15, 0.2) is 0 Å². The number of rotatable bonds is 3. The third kappa shape index (κ3) is 5.23. The van der Waals surface area contributed by atoms with E-state index in [9.17, 15) is 0 Å². The molecule has 0 bridgehead atoms. The second kappa shape index (κ2) is 3.82. The molecule has 0 aromatic rings. The lowest BCUT2D eigenvalue weighted by molar-refractivity contribution is 0.576. The molecule has 0 aliphatic heterocycles. The fraction of sp³-hybridized carbons (Fsp3) is 1.00. The van der Waals surface area contributed by atoms with E-state index in [0.717, 1.165) is 12.8 Å². The molecule has 0 heterocycles. The molecule has 0 nitrogen and oxygen atoms in total. The molecule has 0 N–H and O–H groups in total. The normalized spacial score (nSPS) is 21.0. The lowest BCUT2D eigenvalue weighted by Gasteiger charge is -2.21. The highest BCUT2D eigenvalue weighted by Crippen LogP contribution is 2.28. The Bertz CT molecular complexity index is 79.0. The van der Waals surface area contributed by atoms with Crippen LogP contribution in [-0.4, -0.2) is 9.70 Å². The quantitative estimate of drug-likeness (QED) is 0.629. The molecule has 2 heteroatoms. The first-order valence-corrected chi connectivity index (χ1v) is 4.54. The van der Waals surface area contributed by atoms with Crippen molar-refractivity contribution in [3.8, 4) is 0 Å². The van der Waals surface area contributed by atoms with Crippen molar-refractivity contribution < 1.29 is 0 Å². The van der Waals surface area contributed by atoms with Crippen molar-refractivity contribution in [2.24, 2.45) is 0 Å². The summed E-state index contributed by atoms with van der Waals surface area (Å²) in [7, 11) is 0. The predicted molar refractivity (Wildman–Crippen MR) is 47.6 cm³/mol.